The van der Waals surface area contributed by atoms with Gasteiger partial charge >= 0.3 is 9.28 Å². The van der Waals surface area contributed by atoms with Crippen LogP contribution in [0.15, 0.2) is 51.9 Å². The third-order valence-corrected chi connectivity index (χ3v) is 9.07. The lowest BCUT2D eigenvalue weighted by atomic mass is 10.8. The van der Waals surface area contributed by atoms with Crippen molar-refractivity contribution >= 4 is 38.8 Å². The van der Waals surface area contributed by atoms with Crippen molar-refractivity contribution in [3.8, 4) is 0 Å². The number of aromatic nitrogens is 6. The van der Waals surface area contributed by atoms with Crippen LogP contribution < -0.4 is 0 Å². The van der Waals surface area contributed by atoms with E-state index in [0.29, 0.717) is 0 Å². The fourth-order valence-electron chi connectivity index (χ4n) is 2.34. The van der Waals surface area contributed by atoms with Gasteiger partial charge in [-0.1, -0.05) is 0 Å². The first-order chi connectivity index (χ1) is 12.8. The van der Waals surface area contributed by atoms with Gasteiger partial charge in [-0.15, -0.1) is 0 Å². The molecule has 0 aromatic carbocycles. The molecule has 3 aromatic heterocycles. The first-order valence-electron chi connectivity index (χ1n) is 7.42. The zero-order valence-corrected chi connectivity index (χ0v) is 18.3. The normalized spacial score (nSPS) is 13.3. The highest BCUT2D eigenvalue weighted by molar-refractivity contribution is 7.91. The fraction of sp³-hybridized carbons (Fsp3) is 0.250. The summed E-state index contributed by atoms with van der Waals surface area (Å²) in [6.45, 7) is 0. The Hall–Kier alpha value is -2.30. The van der Waals surface area contributed by atoms with Crippen molar-refractivity contribution in [2.45, 2.75) is 15.1 Å². The molecule has 0 aliphatic rings. The van der Waals surface area contributed by atoms with Crippen LogP contribution in [0, 0.1) is 0 Å². The summed E-state index contributed by atoms with van der Waals surface area (Å²) in [6, 6.07) is 3.74. The molecule has 16 heteroatoms. The second kappa shape index (κ2) is 6.64. The molecule has 0 amide bonds. The van der Waals surface area contributed by atoms with Crippen molar-refractivity contribution in [3.63, 3.8) is 0 Å². The van der Waals surface area contributed by atoms with Crippen LogP contribution in [0.25, 0.3) is 0 Å². The summed E-state index contributed by atoms with van der Waals surface area (Å²) in [5.74, 6) is 0. The number of sulfone groups is 3. The molecular formula is C12H15N6O6S3Si. The van der Waals surface area contributed by atoms with Crippen LogP contribution in [0.4, 0.5) is 0 Å². The molecule has 0 atom stereocenters. The van der Waals surface area contributed by atoms with Gasteiger partial charge < -0.3 is 0 Å². The van der Waals surface area contributed by atoms with Crippen LogP contribution in [0.1, 0.15) is 0 Å². The molecule has 0 fully saturated rings. The molecule has 0 spiro atoms. The zero-order valence-electron chi connectivity index (χ0n) is 14.8. The highest BCUT2D eigenvalue weighted by Crippen LogP contribution is 2.15. The monoisotopic (exact) mass is 463 g/mol. The summed E-state index contributed by atoms with van der Waals surface area (Å²) in [7, 11) is -13.8. The fourth-order valence-corrected chi connectivity index (χ4v) is 7.64. The Balaban J connectivity index is 2.33. The third kappa shape index (κ3) is 3.80. The van der Waals surface area contributed by atoms with Crippen LogP contribution in [-0.2, 0) is 29.5 Å². The molecule has 28 heavy (non-hydrogen) atoms. The molecule has 0 saturated heterocycles. The van der Waals surface area contributed by atoms with Crippen LogP contribution in [-0.4, -0.2) is 81.6 Å². The van der Waals surface area contributed by atoms with Gasteiger partial charge in [0.2, 0.25) is 0 Å². The average molecular weight is 464 g/mol. The maximum atomic E-state index is 12.1. The highest BCUT2D eigenvalue weighted by Gasteiger charge is 2.34. The Morgan fingerprint density at radius 3 is 1.57 bits per heavy atom. The number of hydrogen-bond acceptors (Lipinski definition) is 9. The molecule has 1 radical (unpaired) electrons. The van der Waals surface area contributed by atoms with Gasteiger partial charge in [-0.2, -0.15) is 15.3 Å². The van der Waals surface area contributed by atoms with Crippen molar-refractivity contribution in [2.75, 3.05) is 18.8 Å². The van der Waals surface area contributed by atoms with Gasteiger partial charge in [0.25, 0.3) is 0 Å². The number of nitrogens with zero attached hydrogens (tertiary/aromatic N) is 6. The maximum Gasteiger partial charge on any atom is 0.503 e. The molecule has 0 unspecified atom stereocenters. The smallest absolute Gasteiger partial charge is 0.255 e. The van der Waals surface area contributed by atoms with Crippen molar-refractivity contribution in [1.29, 1.82) is 0 Å². The van der Waals surface area contributed by atoms with E-state index in [2.05, 4.69) is 15.3 Å². The van der Waals surface area contributed by atoms with Gasteiger partial charge in [0, 0.05) is 37.4 Å². The van der Waals surface area contributed by atoms with Gasteiger partial charge in [0.05, 0.1) is 0 Å². The summed E-state index contributed by atoms with van der Waals surface area (Å²) >= 11 is 0. The standard InChI is InChI=1S/C12H15N6O6S3Si/c1-25(19,20)10-6-9-16(15-10)28(17-11(4-7-13-17)26(2,21)22)18-12(5-8-14-18)27(3,23)24/h4-9H,1-3H3. The van der Waals surface area contributed by atoms with Crippen LogP contribution in [0.3, 0.4) is 0 Å². The van der Waals surface area contributed by atoms with E-state index in [1.807, 2.05) is 0 Å². The minimum atomic E-state index is -3.73. The summed E-state index contributed by atoms with van der Waals surface area (Å²) < 4.78 is 75.5. The lowest BCUT2D eigenvalue weighted by Gasteiger charge is -2.18. The van der Waals surface area contributed by atoms with E-state index in [9.17, 15) is 25.3 Å². The molecule has 0 bridgehead atoms. The summed E-state index contributed by atoms with van der Waals surface area (Å²) in [4.78, 5) is 0. The minimum absolute atomic E-state index is 0.187. The Morgan fingerprint density at radius 2 is 1.21 bits per heavy atom. The Bertz CT molecular complexity index is 1280. The molecule has 3 rings (SSSR count). The summed E-state index contributed by atoms with van der Waals surface area (Å²) in [5.41, 5.74) is 0. The van der Waals surface area contributed by atoms with E-state index >= 15 is 0 Å². The third-order valence-electron chi connectivity index (χ3n) is 3.50. The molecule has 0 N–H and O–H groups in total. The van der Waals surface area contributed by atoms with Crippen LogP contribution in [0.2, 0.25) is 0 Å². The first kappa shape index (κ1) is 20.4. The quantitative estimate of drug-likeness (QED) is 0.393. The van der Waals surface area contributed by atoms with E-state index in [0.717, 1.165) is 27.5 Å². The van der Waals surface area contributed by atoms with Crippen LogP contribution in [0.5, 0.6) is 0 Å². The molecular weight excluding hydrogens is 448 g/mol. The van der Waals surface area contributed by atoms with Crippen molar-refractivity contribution in [2.24, 2.45) is 0 Å². The van der Waals surface area contributed by atoms with E-state index in [-0.39, 0.29) is 15.1 Å². The van der Waals surface area contributed by atoms with Gasteiger partial charge in [-0.05, 0) is 18.2 Å². The lowest BCUT2D eigenvalue weighted by molar-refractivity contribution is 0.584. The predicted molar refractivity (Wildman–Crippen MR) is 98.0 cm³/mol. The molecule has 0 aliphatic heterocycles. The van der Waals surface area contributed by atoms with Gasteiger partial charge in [-0.25, -0.2) is 33.9 Å². The van der Waals surface area contributed by atoms with E-state index in [1.165, 1.54) is 41.1 Å². The minimum Gasteiger partial charge on any atom is -0.255 e. The van der Waals surface area contributed by atoms with Gasteiger partial charge in [-0.3, -0.25) is 4.35 Å². The second-order valence-corrected chi connectivity index (χ2v) is 13.7. The molecule has 3 aromatic rings. The molecule has 0 aliphatic carbocycles. The zero-order chi connectivity index (χ0) is 20.9. The Labute approximate surface area is 163 Å². The van der Waals surface area contributed by atoms with Crippen molar-refractivity contribution in [3.05, 3.63) is 36.8 Å². The highest BCUT2D eigenvalue weighted by atomic mass is 32.2. The molecule has 12 nitrogen and oxygen atoms in total. The van der Waals surface area contributed by atoms with E-state index < -0.39 is 38.8 Å². The Morgan fingerprint density at radius 1 is 0.750 bits per heavy atom. The van der Waals surface area contributed by atoms with Gasteiger partial charge in [0.1, 0.15) is 10.1 Å². The van der Waals surface area contributed by atoms with E-state index in [4.69, 9.17) is 0 Å². The maximum absolute atomic E-state index is 12.1. The predicted octanol–water partition coefficient (Wildman–Crippen LogP) is -1.58. The molecule has 3 heterocycles. The van der Waals surface area contributed by atoms with Gasteiger partial charge in [0.15, 0.2) is 34.5 Å². The van der Waals surface area contributed by atoms with Crippen molar-refractivity contribution < 1.29 is 25.3 Å². The second-order valence-electron chi connectivity index (χ2n) is 5.88. The molecule has 0 saturated carbocycles. The van der Waals surface area contributed by atoms with Crippen molar-refractivity contribution in [1.82, 2.24) is 28.3 Å². The summed E-state index contributed by atoms with van der Waals surface area (Å²) in [5, 5.41) is 11.4. The lowest BCUT2D eigenvalue weighted by Crippen LogP contribution is -2.46. The number of rotatable bonds is 6. The average Bonchev–Trinajstić information content (AvgIpc) is 3.26. The SMILES string of the molecule is CS(=O)(=O)c1ccn([Si](n2nccc2S(C)(=O)=O)n2nccc2S(C)(=O)=O)n1. The largest absolute Gasteiger partial charge is 0.503 e. The number of hydrogen-bond donors (Lipinski definition) is 0. The summed E-state index contributed by atoms with van der Waals surface area (Å²) in [6.07, 6.45) is 6.72. The molecule has 151 valence electrons. The first-order valence-corrected chi connectivity index (χ1v) is 14.4. The topological polar surface area (TPSA) is 156 Å². The van der Waals surface area contributed by atoms with Crippen LogP contribution >= 0.6 is 0 Å². The Kier molecular flexibility index (Phi) is 4.85. The van der Waals surface area contributed by atoms with E-state index in [1.54, 1.807) is 0 Å².